The van der Waals surface area contributed by atoms with Crippen LogP contribution < -0.4 is 0 Å². The topological polar surface area (TPSA) is 61.8 Å². The van der Waals surface area contributed by atoms with Gasteiger partial charge in [-0.3, -0.25) is 9.59 Å². The van der Waals surface area contributed by atoms with Crippen LogP contribution in [0, 0.1) is 0 Å². The Kier molecular flexibility index (Phi) is 50.8. The van der Waals surface area contributed by atoms with Crippen molar-refractivity contribution in [1.29, 1.82) is 0 Å². The maximum atomic E-state index is 12.8. The molecule has 0 spiro atoms. The van der Waals surface area contributed by atoms with Gasteiger partial charge in [0.2, 0.25) is 0 Å². The van der Waals surface area contributed by atoms with Crippen LogP contribution in [0.25, 0.3) is 0 Å². The normalized spacial score (nSPS) is 12.1. The molecule has 0 radical (unpaired) electrons. The second kappa shape index (κ2) is 52.0. The average molecular weight is 847 g/mol. The second-order valence-electron chi connectivity index (χ2n) is 18.5. The number of esters is 2. The van der Waals surface area contributed by atoms with Crippen molar-refractivity contribution >= 4 is 11.9 Å². The molecule has 1 atom stereocenters. The molecule has 0 saturated heterocycles. The van der Waals surface area contributed by atoms with Gasteiger partial charge in [-0.05, 0) is 44.9 Å². The van der Waals surface area contributed by atoms with Crippen LogP contribution in [0.1, 0.15) is 303 Å². The lowest BCUT2D eigenvalue weighted by Crippen LogP contribution is -2.30. The first-order valence-corrected chi connectivity index (χ1v) is 27.2. The molecule has 0 aliphatic heterocycles. The van der Waals surface area contributed by atoms with E-state index in [4.69, 9.17) is 14.2 Å². The van der Waals surface area contributed by atoms with E-state index >= 15 is 0 Å². The van der Waals surface area contributed by atoms with Gasteiger partial charge in [0, 0.05) is 19.4 Å². The summed E-state index contributed by atoms with van der Waals surface area (Å²) in [6.07, 6.45) is 59.4. The van der Waals surface area contributed by atoms with Gasteiger partial charge in [-0.1, -0.05) is 258 Å². The van der Waals surface area contributed by atoms with Gasteiger partial charge in [0.25, 0.3) is 0 Å². The second-order valence-corrected chi connectivity index (χ2v) is 18.5. The number of hydrogen-bond donors (Lipinski definition) is 0. The van der Waals surface area contributed by atoms with E-state index in [9.17, 15) is 9.59 Å². The molecule has 0 bridgehead atoms. The van der Waals surface area contributed by atoms with Crippen LogP contribution in [0.15, 0.2) is 12.2 Å². The molecule has 0 aliphatic rings. The summed E-state index contributed by atoms with van der Waals surface area (Å²) in [6.45, 7) is 7.86. The Morgan fingerprint density at radius 2 is 0.650 bits per heavy atom. The predicted octanol–water partition coefficient (Wildman–Crippen LogP) is 18.2. The molecule has 0 fully saturated rings. The van der Waals surface area contributed by atoms with Crippen molar-refractivity contribution in [2.45, 2.75) is 309 Å². The minimum atomic E-state index is -0.529. The number of rotatable bonds is 51. The first-order chi connectivity index (χ1) is 29.6. The number of allylic oxidation sites excluding steroid dienone is 2. The lowest BCUT2D eigenvalue weighted by molar-refractivity contribution is -0.163. The van der Waals surface area contributed by atoms with Crippen molar-refractivity contribution < 1.29 is 23.8 Å². The monoisotopic (exact) mass is 847 g/mol. The molecule has 0 aromatic carbocycles. The number of unbranched alkanes of at least 4 members (excludes halogenated alkanes) is 38. The van der Waals surface area contributed by atoms with Crippen LogP contribution in [0.5, 0.6) is 0 Å². The summed E-state index contributed by atoms with van der Waals surface area (Å²) in [6, 6.07) is 0. The van der Waals surface area contributed by atoms with Gasteiger partial charge >= 0.3 is 11.9 Å². The quantitative estimate of drug-likeness (QED) is 0.0347. The third-order valence-electron chi connectivity index (χ3n) is 12.3. The van der Waals surface area contributed by atoms with Crippen LogP contribution in [0.2, 0.25) is 0 Å². The first kappa shape index (κ1) is 58.6. The molecule has 1 unspecified atom stereocenters. The highest BCUT2D eigenvalue weighted by molar-refractivity contribution is 5.70. The van der Waals surface area contributed by atoms with Crippen molar-refractivity contribution in [1.82, 2.24) is 0 Å². The maximum Gasteiger partial charge on any atom is 0.306 e. The fourth-order valence-electron chi connectivity index (χ4n) is 8.21. The Bertz CT molecular complexity index is 871. The van der Waals surface area contributed by atoms with Crippen LogP contribution >= 0.6 is 0 Å². The zero-order chi connectivity index (χ0) is 43.5. The molecule has 0 saturated carbocycles. The van der Waals surface area contributed by atoms with Gasteiger partial charge in [0.05, 0.1) is 6.61 Å². The van der Waals surface area contributed by atoms with Gasteiger partial charge in [-0.25, -0.2) is 0 Å². The molecule has 0 aromatic rings. The standard InChI is InChI=1S/C55H106O5/c1-4-7-10-13-16-19-22-24-26-27-28-29-30-31-34-36-39-42-45-48-54(56)59-52-53(60-55(57)49-46-43-40-37-33-21-18-15-12-9-6-3)51-58-50-47-44-41-38-35-32-25-23-20-17-14-11-8-5-2/h20,23,53H,4-19,21-22,24-52H2,1-3H3/b23-20-. The minimum absolute atomic E-state index is 0.0924. The SMILES string of the molecule is CCCCCC/C=C\CCCCCCCCOCC(COC(=O)CCCCCCCCCCCCCCCCCCCCC)OC(=O)CCCCCCCCCCCCC. The van der Waals surface area contributed by atoms with E-state index in [0.29, 0.717) is 26.1 Å². The lowest BCUT2D eigenvalue weighted by atomic mass is 10.0. The van der Waals surface area contributed by atoms with Crippen molar-refractivity contribution in [3.63, 3.8) is 0 Å². The number of carbonyl (C=O) groups is 2. The van der Waals surface area contributed by atoms with E-state index in [-0.39, 0.29) is 18.5 Å². The van der Waals surface area contributed by atoms with Crippen LogP contribution in [0.4, 0.5) is 0 Å². The van der Waals surface area contributed by atoms with Crippen molar-refractivity contribution in [3.8, 4) is 0 Å². The van der Waals surface area contributed by atoms with Crippen molar-refractivity contribution in [2.24, 2.45) is 0 Å². The van der Waals surface area contributed by atoms with E-state index < -0.39 is 6.10 Å². The minimum Gasteiger partial charge on any atom is -0.462 e. The summed E-state index contributed by atoms with van der Waals surface area (Å²) in [5.74, 6) is -0.378. The first-order valence-electron chi connectivity index (χ1n) is 27.2. The van der Waals surface area contributed by atoms with Crippen molar-refractivity contribution in [3.05, 3.63) is 12.2 Å². The van der Waals surface area contributed by atoms with Gasteiger partial charge in [0.1, 0.15) is 6.61 Å². The zero-order valence-corrected chi connectivity index (χ0v) is 41.0. The smallest absolute Gasteiger partial charge is 0.306 e. The van der Waals surface area contributed by atoms with Crippen molar-refractivity contribution in [2.75, 3.05) is 19.8 Å². The summed E-state index contributed by atoms with van der Waals surface area (Å²) in [4.78, 5) is 25.4. The summed E-state index contributed by atoms with van der Waals surface area (Å²) >= 11 is 0. The molecule has 0 amide bonds. The molecule has 60 heavy (non-hydrogen) atoms. The highest BCUT2D eigenvalue weighted by Gasteiger charge is 2.17. The van der Waals surface area contributed by atoms with Crippen LogP contribution in [0.3, 0.4) is 0 Å². The molecule has 5 heteroatoms. The fourth-order valence-corrected chi connectivity index (χ4v) is 8.21. The summed E-state index contributed by atoms with van der Waals surface area (Å²) in [7, 11) is 0. The zero-order valence-electron chi connectivity index (χ0n) is 41.0. The van der Waals surface area contributed by atoms with E-state index in [2.05, 4.69) is 32.9 Å². The Labute approximate surface area is 375 Å². The molecule has 0 heterocycles. The predicted molar refractivity (Wildman–Crippen MR) is 261 cm³/mol. The molecular formula is C55H106O5. The highest BCUT2D eigenvalue weighted by atomic mass is 16.6. The summed E-state index contributed by atoms with van der Waals surface area (Å²) < 4.78 is 17.4. The molecule has 0 N–H and O–H groups in total. The molecule has 356 valence electrons. The van der Waals surface area contributed by atoms with Crippen LogP contribution in [-0.2, 0) is 23.8 Å². The molecule has 0 aromatic heterocycles. The van der Waals surface area contributed by atoms with Gasteiger partial charge < -0.3 is 14.2 Å². The van der Waals surface area contributed by atoms with Gasteiger partial charge in [0.15, 0.2) is 6.10 Å². The fraction of sp³-hybridized carbons (Fsp3) is 0.927. The summed E-state index contributed by atoms with van der Waals surface area (Å²) in [5, 5.41) is 0. The third-order valence-corrected chi connectivity index (χ3v) is 12.3. The Morgan fingerprint density at radius 3 is 1.03 bits per heavy atom. The number of ether oxygens (including phenoxy) is 3. The number of carbonyl (C=O) groups excluding carboxylic acids is 2. The lowest BCUT2D eigenvalue weighted by Gasteiger charge is -2.18. The van der Waals surface area contributed by atoms with E-state index in [1.807, 2.05) is 0 Å². The third kappa shape index (κ3) is 49.3. The molecule has 5 nitrogen and oxygen atoms in total. The summed E-state index contributed by atoms with van der Waals surface area (Å²) in [5.41, 5.74) is 0. The van der Waals surface area contributed by atoms with Gasteiger partial charge in [-0.2, -0.15) is 0 Å². The van der Waals surface area contributed by atoms with E-state index in [1.165, 1.54) is 231 Å². The van der Waals surface area contributed by atoms with Crippen LogP contribution in [-0.4, -0.2) is 37.9 Å². The Balaban J connectivity index is 4.14. The molecule has 0 aliphatic carbocycles. The largest absolute Gasteiger partial charge is 0.462 e. The molecular weight excluding hydrogens is 741 g/mol. The Morgan fingerprint density at radius 1 is 0.350 bits per heavy atom. The average Bonchev–Trinajstić information content (AvgIpc) is 3.25. The van der Waals surface area contributed by atoms with E-state index in [0.717, 1.165) is 38.5 Å². The van der Waals surface area contributed by atoms with E-state index in [1.54, 1.807) is 0 Å². The Hall–Kier alpha value is -1.36. The number of hydrogen-bond acceptors (Lipinski definition) is 5. The molecule has 0 rings (SSSR count). The highest BCUT2D eigenvalue weighted by Crippen LogP contribution is 2.17. The maximum absolute atomic E-state index is 12.8. The van der Waals surface area contributed by atoms with Gasteiger partial charge in [-0.15, -0.1) is 0 Å².